The van der Waals surface area contributed by atoms with Crippen LogP contribution in [0.1, 0.15) is 40.5 Å². The smallest absolute Gasteiger partial charge is 0.157 e. The minimum Gasteiger partial charge on any atom is -0.497 e. The van der Waals surface area contributed by atoms with Gasteiger partial charge in [-0.1, -0.05) is 0 Å². The Morgan fingerprint density at radius 3 is 2.16 bits per heavy atom. The number of benzene rings is 1. The predicted octanol–water partition coefficient (Wildman–Crippen LogP) is 3.12. The maximum Gasteiger partial charge on any atom is 0.157 e. The average Bonchev–Trinajstić information content (AvgIpc) is 2.73. The van der Waals surface area contributed by atoms with Crippen LogP contribution in [-0.2, 0) is 0 Å². The van der Waals surface area contributed by atoms with E-state index in [1.54, 1.807) is 13.4 Å². The van der Waals surface area contributed by atoms with E-state index in [-0.39, 0.29) is 11.1 Å². The number of hydrogen-bond acceptors (Lipinski definition) is 8. The lowest BCUT2D eigenvalue weighted by Crippen LogP contribution is -2.60. The third-order valence-electron chi connectivity index (χ3n) is 6.41. The number of anilines is 4. The molecule has 8 nitrogen and oxygen atoms in total. The second-order valence-electron chi connectivity index (χ2n) is 10.3. The van der Waals surface area contributed by atoms with Crippen molar-refractivity contribution in [1.82, 2.24) is 15.3 Å². The van der Waals surface area contributed by atoms with Crippen LogP contribution in [0.15, 0.2) is 30.6 Å². The number of piperidine rings is 1. The van der Waals surface area contributed by atoms with Gasteiger partial charge in [0.2, 0.25) is 0 Å². The van der Waals surface area contributed by atoms with Gasteiger partial charge in [0.25, 0.3) is 0 Å². The van der Waals surface area contributed by atoms with Crippen LogP contribution in [0, 0.1) is 0 Å². The Kier molecular flexibility index (Phi) is 6.07. The molecule has 8 heteroatoms. The molecule has 1 aromatic carbocycles. The fourth-order valence-electron chi connectivity index (χ4n) is 5.34. The van der Waals surface area contributed by atoms with Crippen molar-refractivity contribution in [2.45, 2.75) is 57.7 Å². The molecule has 0 bridgehead atoms. The molecule has 0 unspecified atom stereocenters. The first-order valence-electron chi connectivity index (χ1n) is 11.5. The van der Waals surface area contributed by atoms with Gasteiger partial charge in [-0.25, -0.2) is 9.97 Å². The van der Waals surface area contributed by atoms with E-state index in [0.717, 1.165) is 56.4 Å². The summed E-state index contributed by atoms with van der Waals surface area (Å²) in [7, 11) is 1.69. The van der Waals surface area contributed by atoms with Crippen LogP contribution >= 0.6 is 0 Å². The molecule has 4 rings (SSSR count). The van der Waals surface area contributed by atoms with E-state index in [9.17, 15) is 0 Å². The quantitative estimate of drug-likeness (QED) is 0.655. The fraction of sp³-hybridized carbons (Fsp3) is 0.583. The molecule has 0 aliphatic carbocycles. The molecule has 32 heavy (non-hydrogen) atoms. The van der Waals surface area contributed by atoms with E-state index in [1.165, 1.54) is 5.69 Å². The predicted molar refractivity (Wildman–Crippen MR) is 132 cm³/mol. The molecular weight excluding hydrogens is 402 g/mol. The number of nitrogens with zero attached hydrogens (tertiary/aromatic N) is 4. The van der Waals surface area contributed by atoms with Gasteiger partial charge in [0.15, 0.2) is 11.6 Å². The first kappa shape index (κ1) is 22.5. The third-order valence-corrected chi connectivity index (χ3v) is 6.41. The van der Waals surface area contributed by atoms with Crippen molar-refractivity contribution in [3.63, 3.8) is 0 Å². The summed E-state index contributed by atoms with van der Waals surface area (Å²) in [6, 6.07) is 8.53. The number of nitrogens with one attached hydrogen (secondary N) is 2. The summed E-state index contributed by atoms with van der Waals surface area (Å²) in [5, 5.41) is 7.35. The molecule has 2 saturated heterocycles. The number of aromatic nitrogens is 2. The van der Waals surface area contributed by atoms with Crippen LogP contribution < -0.4 is 30.9 Å². The molecule has 2 fully saturated rings. The second kappa shape index (κ2) is 8.65. The van der Waals surface area contributed by atoms with E-state index in [1.807, 2.05) is 12.1 Å². The van der Waals surface area contributed by atoms with Crippen LogP contribution in [0.3, 0.4) is 0 Å². The zero-order valence-corrected chi connectivity index (χ0v) is 20.0. The van der Waals surface area contributed by atoms with Gasteiger partial charge in [0, 0.05) is 49.0 Å². The Morgan fingerprint density at radius 1 is 0.969 bits per heavy atom. The SMILES string of the molecule is COc1ccc(N2CCN(c3ncnc(NC4CC(C)(C)NC(C)(C)C4)c3N)CC2)cc1. The van der Waals surface area contributed by atoms with Gasteiger partial charge in [0.1, 0.15) is 17.8 Å². The zero-order chi connectivity index (χ0) is 22.9. The third kappa shape index (κ3) is 5.01. The Hall–Kier alpha value is -2.74. The molecule has 2 aliphatic rings. The van der Waals surface area contributed by atoms with Crippen molar-refractivity contribution in [3.8, 4) is 5.75 Å². The Bertz CT molecular complexity index is 904. The van der Waals surface area contributed by atoms with Crippen LogP contribution in [0.25, 0.3) is 0 Å². The normalized spacial score (nSPS) is 20.8. The lowest BCUT2D eigenvalue weighted by Gasteiger charge is -2.46. The van der Waals surface area contributed by atoms with Gasteiger partial charge in [0.05, 0.1) is 7.11 Å². The van der Waals surface area contributed by atoms with Crippen molar-refractivity contribution in [3.05, 3.63) is 30.6 Å². The van der Waals surface area contributed by atoms with E-state index in [2.05, 4.69) is 70.2 Å². The lowest BCUT2D eigenvalue weighted by atomic mass is 9.79. The van der Waals surface area contributed by atoms with Crippen molar-refractivity contribution >= 4 is 23.0 Å². The number of methoxy groups -OCH3 is 1. The van der Waals surface area contributed by atoms with E-state index in [4.69, 9.17) is 10.5 Å². The highest BCUT2D eigenvalue weighted by atomic mass is 16.5. The van der Waals surface area contributed by atoms with Gasteiger partial charge >= 0.3 is 0 Å². The molecule has 4 N–H and O–H groups in total. The van der Waals surface area contributed by atoms with Crippen LogP contribution in [-0.4, -0.2) is 60.4 Å². The standard InChI is InChI=1S/C24H37N7O/c1-23(2)14-17(15-24(3,4)29-23)28-21-20(25)22(27-16-26-21)31-12-10-30(11-13-31)18-6-8-19(32-5)9-7-18/h6-9,16-17,29H,10-15,25H2,1-5H3,(H,26,27,28). The molecule has 3 heterocycles. The minimum atomic E-state index is 0.0574. The van der Waals surface area contributed by atoms with Gasteiger partial charge < -0.3 is 30.9 Å². The van der Waals surface area contributed by atoms with Crippen LogP contribution in [0.5, 0.6) is 5.75 Å². The summed E-state index contributed by atoms with van der Waals surface area (Å²) in [4.78, 5) is 13.7. The van der Waals surface area contributed by atoms with Gasteiger partial charge in [-0.3, -0.25) is 0 Å². The summed E-state index contributed by atoms with van der Waals surface area (Å²) in [5.41, 5.74) is 8.53. The zero-order valence-electron chi connectivity index (χ0n) is 20.0. The number of nitrogens with two attached hydrogens (primary N) is 1. The number of nitrogen functional groups attached to an aromatic ring is 1. The molecule has 0 saturated carbocycles. The van der Waals surface area contributed by atoms with Crippen molar-refractivity contribution < 1.29 is 4.74 Å². The van der Waals surface area contributed by atoms with Gasteiger partial charge in [-0.2, -0.15) is 0 Å². The first-order valence-corrected chi connectivity index (χ1v) is 11.5. The summed E-state index contributed by atoms with van der Waals surface area (Å²) in [5.74, 6) is 2.44. The molecule has 0 amide bonds. The Morgan fingerprint density at radius 2 is 1.56 bits per heavy atom. The lowest BCUT2D eigenvalue weighted by molar-refractivity contribution is 0.170. The highest BCUT2D eigenvalue weighted by Gasteiger charge is 2.38. The van der Waals surface area contributed by atoms with E-state index >= 15 is 0 Å². The maximum atomic E-state index is 6.57. The largest absolute Gasteiger partial charge is 0.497 e. The Labute approximate surface area is 191 Å². The van der Waals surface area contributed by atoms with Crippen molar-refractivity contribution in [2.75, 3.05) is 54.1 Å². The molecule has 0 atom stereocenters. The monoisotopic (exact) mass is 439 g/mol. The van der Waals surface area contributed by atoms with E-state index in [0.29, 0.717) is 11.7 Å². The minimum absolute atomic E-state index is 0.0574. The first-order chi connectivity index (χ1) is 15.2. The number of ether oxygens (including phenoxy) is 1. The van der Waals surface area contributed by atoms with Crippen molar-refractivity contribution in [2.24, 2.45) is 0 Å². The Balaban J connectivity index is 1.43. The molecule has 174 valence electrons. The maximum absolute atomic E-state index is 6.57. The summed E-state index contributed by atoms with van der Waals surface area (Å²) >= 11 is 0. The number of rotatable bonds is 5. The number of piperazine rings is 1. The highest BCUT2D eigenvalue weighted by molar-refractivity contribution is 5.75. The number of hydrogen-bond donors (Lipinski definition) is 3. The molecule has 0 spiro atoms. The van der Waals surface area contributed by atoms with Crippen LogP contribution in [0.4, 0.5) is 23.0 Å². The van der Waals surface area contributed by atoms with Gasteiger partial charge in [-0.05, 0) is 64.8 Å². The summed E-state index contributed by atoms with van der Waals surface area (Å²) < 4.78 is 5.27. The van der Waals surface area contributed by atoms with Crippen LogP contribution in [0.2, 0.25) is 0 Å². The molecule has 0 radical (unpaired) electrons. The van der Waals surface area contributed by atoms with E-state index < -0.39 is 0 Å². The topological polar surface area (TPSA) is 91.6 Å². The molecule has 2 aromatic rings. The highest BCUT2D eigenvalue weighted by Crippen LogP contribution is 2.33. The summed E-state index contributed by atoms with van der Waals surface area (Å²) in [6.07, 6.45) is 3.65. The van der Waals surface area contributed by atoms with Gasteiger partial charge in [-0.15, -0.1) is 0 Å². The molecular formula is C24H37N7O. The molecule has 2 aliphatic heterocycles. The average molecular weight is 440 g/mol. The van der Waals surface area contributed by atoms with Crippen molar-refractivity contribution in [1.29, 1.82) is 0 Å². The fourth-order valence-corrected chi connectivity index (χ4v) is 5.34. The molecule has 1 aromatic heterocycles. The summed E-state index contributed by atoms with van der Waals surface area (Å²) in [6.45, 7) is 12.5. The second-order valence-corrected chi connectivity index (χ2v) is 10.3.